The maximum absolute atomic E-state index is 5.35. The van der Waals surface area contributed by atoms with Crippen LogP contribution in [0.5, 0.6) is 5.75 Å². The van der Waals surface area contributed by atoms with Crippen LogP contribution in [0.15, 0.2) is 18.2 Å². The van der Waals surface area contributed by atoms with Crippen LogP contribution in [0.4, 0.5) is 5.69 Å². The van der Waals surface area contributed by atoms with Gasteiger partial charge in [-0.15, -0.1) is 0 Å². The first kappa shape index (κ1) is 14.7. The van der Waals surface area contributed by atoms with Gasteiger partial charge in [0.1, 0.15) is 5.75 Å². The minimum atomic E-state index is 0.276. The van der Waals surface area contributed by atoms with Crippen LogP contribution in [-0.2, 0) is 0 Å². The molecule has 1 heterocycles. The van der Waals surface area contributed by atoms with Gasteiger partial charge in [-0.25, -0.2) is 0 Å². The fourth-order valence-corrected chi connectivity index (χ4v) is 3.72. The smallest absolute Gasteiger partial charge is 0.119 e. The van der Waals surface area contributed by atoms with Crippen LogP contribution >= 0.6 is 0 Å². The third kappa shape index (κ3) is 2.76. The second-order valence-corrected chi connectivity index (χ2v) is 6.92. The number of hydrogen-bond donors (Lipinski definition) is 1. The molecule has 1 N–H and O–H groups in total. The number of benzene rings is 1. The Hall–Kier alpha value is -1.22. The first-order chi connectivity index (χ1) is 10.1. The Balaban J connectivity index is 1.89. The van der Waals surface area contributed by atoms with Gasteiger partial charge in [0, 0.05) is 30.4 Å². The van der Waals surface area contributed by atoms with Crippen molar-refractivity contribution in [2.45, 2.75) is 51.6 Å². The Morgan fingerprint density at radius 3 is 2.71 bits per heavy atom. The van der Waals surface area contributed by atoms with Crippen LogP contribution in [-0.4, -0.2) is 31.8 Å². The summed E-state index contributed by atoms with van der Waals surface area (Å²) in [6.07, 6.45) is 3.95. The second kappa shape index (κ2) is 5.53. The van der Waals surface area contributed by atoms with E-state index in [9.17, 15) is 0 Å². The van der Waals surface area contributed by atoms with Gasteiger partial charge < -0.3 is 15.0 Å². The van der Waals surface area contributed by atoms with Crippen LogP contribution in [0.2, 0.25) is 0 Å². The van der Waals surface area contributed by atoms with Gasteiger partial charge in [-0.3, -0.25) is 0 Å². The highest BCUT2D eigenvalue weighted by atomic mass is 16.5. The first-order valence-corrected chi connectivity index (χ1v) is 8.23. The SMILES string of the molecule is CCC1CNC(C)(C2CC2)CN1c1ccc(OC)cc1C. The molecular formula is C18H28N2O. The molecule has 2 fully saturated rings. The quantitative estimate of drug-likeness (QED) is 0.919. The van der Waals surface area contributed by atoms with Crippen molar-refractivity contribution in [3.05, 3.63) is 23.8 Å². The lowest BCUT2D eigenvalue weighted by Gasteiger charge is -2.48. The van der Waals surface area contributed by atoms with Gasteiger partial charge in [-0.1, -0.05) is 6.92 Å². The standard InChI is InChI=1S/C18H28N2O/c1-5-15-11-19-18(3,14-6-7-14)12-20(15)17-9-8-16(21-4)10-13(17)2/h8-10,14-15,19H,5-7,11-12H2,1-4H3. The van der Waals surface area contributed by atoms with E-state index in [0.29, 0.717) is 6.04 Å². The monoisotopic (exact) mass is 288 g/mol. The van der Waals surface area contributed by atoms with E-state index in [-0.39, 0.29) is 5.54 Å². The van der Waals surface area contributed by atoms with Crippen LogP contribution in [0.3, 0.4) is 0 Å². The zero-order chi connectivity index (χ0) is 15.0. The van der Waals surface area contributed by atoms with Crippen molar-refractivity contribution in [3.8, 4) is 5.75 Å². The molecule has 1 saturated carbocycles. The molecule has 2 atom stereocenters. The van der Waals surface area contributed by atoms with Crippen LogP contribution in [0.25, 0.3) is 0 Å². The largest absolute Gasteiger partial charge is 0.497 e. The van der Waals surface area contributed by atoms with Crippen LogP contribution in [0.1, 0.15) is 38.7 Å². The third-order valence-corrected chi connectivity index (χ3v) is 5.34. The van der Waals surface area contributed by atoms with Gasteiger partial charge in [0.25, 0.3) is 0 Å². The van der Waals surface area contributed by atoms with E-state index in [2.05, 4.69) is 49.2 Å². The van der Waals surface area contributed by atoms with Gasteiger partial charge in [-0.2, -0.15) is 0 Å². The van der Waals surface area contributed by atoms with Crippen molar-refractivity contribution in [1.82, 2.24) is 5.32 Å². The van der Waals surface area contributed by atoms with Crippen molar-refractivity contribution < 1.29 is 4.74 Å². The first-order valence-electron chi connectivity index (χ1n) is 8.23. The van der Waals surface area contributed by atoms with E-state index < -0.39 is 0 Å². The zero-order valence-corrected chi connectivity index (χ0v) is 13.8. The number of piperazine rings is 1. The summed E-state index contributed by atoms with van der Waals surface area (Å²) in [4.78, 5) is 2.63. The van der Waals surface area contributed by atoms with Crippen molar-refractivity contribution >= 4 is 5.69 Å². The molecule has 2 aliphatic rings. The normalized spacial score (nSPS) is 29.5. The summed E-state index contributed by atoms with van der Waals surface area (Å²) >= 11 is 0. The van der Waals surface area contributed by atoms with Crippen molar-refractivity contribution in [1.29, 1.82) is 0 Å². The number of rotatable bonds is 4. The predicted octanol–water partition coefficient (Wildman–Crippen LogP) is 3.36. The molecule has 1 aromatic carbocycles. The molecule has 3 heteroatoms. The van der Waals surface area contributed by atoms with Gasteiger partial charge in [0.2, 0.25) is 0 Å². The van der Waals surface area contributed by atoms with E-state index >= 15 is 0 Å². The molecule has 3 rings (SSSR count). The van der Waals surface area contributed by atoms with E-state index in [1.54, 1.807) is 7.11 Å². The van der Waals surface area contributed by atoms with E-state index in [4.69, 9.17) is 4.74 Å². The Kier molecular flexibility index (Phi) is 3.87. The number of nitrogens with one attached hydrogen (secondary N) is 1. The van der Waals surface area contributed by atoms with E-state index in [1.807, 2.05) is 0 Å². The Labute approximate surface area is 128 Å². The number of ether oxygens (including phenoxy) is 1. The summed E-state index contributed by atoms with van der Waals surface area (Å²) in [6, 6.07) is 7.06. The minimum Gasteiger partial charge on any atom is -0.497 e. The minimum absolute atomic E-state index is 0.276. The number of aryl methyl sites for hydroxylation is 1. The molecule has 0 aromatic heterocycles. The van der Waals surface area contributed by atoms with E-state index in [1.165, 1.54) is 30.5 Å². The molecule has 0 amide bonds. The number of hydrogen-bond acceptors (Lipinski definition) is 3. The van der Waals surface area contributed by atoms with Crippen LogP contribution in [0, 0.1) is 12.8 Å². The van der Waals surface area contributed by atoms with Crippen molar-refractivity contribution in [3.63, 3.8) is 0 Å². The van der Waals surface area contributed by atoms with E-state index in [0.717, 1.165) is 24.8 Å². The number of methoxy groups -OCH3 is 1. The average molecular weight is 288 g/mol. The van der Waals surface area contributed by atoms with Gasteiger partial charge >= 0.3 is 0 Å². The summed E-state index contributed by atoms with van der Waals surface area (Å²) in [5, 5.41) is 3.83. The second-order valence-electron chi connectivity index (χ2n) is 6.92. The van der Waals surface area contributed by atoms with Gasteiger partial charge in [-0.05, 0) is 62.8 Å². The fraction of sp³-hybridized carbons (Fsp3) is 0.667. The molecule has 0 bridgehead atoms. The van der Waals surface area contributed by atoms with Crippen molar-refractivity contribution in [2.24, 2.45) is 5.92 Å². The molecule has 1 aromatic rings. The maximum Gasteiger partial charge on any atom is 0.119 e. The lowest BCUT2D eigenvalue weighted by molar-refractivity contribution is 0.252. The fourth-order valence-electron chi connectivity index (χ4n) is 3.72. The highest BCUT2D eigenvalue weighted by Gasteiger charge is 2.45. The number of nitrogens with zero attached hydrogens (tertiary/aromatic N) is 1. The molecule has 3 nitrogen and oxygen atoms in total. The summed E-state index contributed by atoms with van der Waals surface area (Å²) in [6.45, 7) is 9.10. The zero-order valence-electron chi connectivity index (χ0n) is 13.8. The molecule has 1 aliphatic carbocycles. The molecule has 116 valence electrons. The molecule has 2 unspecified atom stereocenters. The third-order valence-electron chi connectivity index (χ3n) is 5.34. The Morgan fingerprint density at radius 2 is 2.14 bits per heavy atom. The lowest BCUT2D eigenvalue weighted by atomic mass is 9.89. The topological polar surface area (TPSA) is 24.5 Å². The van der Waals surface area contributed by atoms with Crippen LogP contribution < -0.4 is 15.0 Å². The molecule has 21 heavy (non-hydrogen) atoms. The summed E-state index contributed by atoms with van der Waals surface area (Å²) in [7, 11) is 1.73. The lowest BCUT2D eigenvalue weighted by Crippen LogP contribution is -2.64. The Morgan fingerprint density at radius 1 is 1.38 bits per heavy atom. The summed E-state index contributed by atoms with van der Waals surface area (Å²) in [5.74, 6) is 1.81. The predicted molar refractivity (Wildman–Crippen MR) is 88.3 cm³/mol. The average Bonchev–Trinajstić information content (AvgIpc) is 3.32. The van der Waals surface area contributed by atoms with Gasteiger partial charge in [0.15, 0.2) is 0 Å². The highest BCUT2D eigenvalue weighted by molar-refractivity contribution is 5.57. The molecule has 0 radical (unpaired) electrons. The van der Waals surface area contributed by atoms with Crippen molar-refractivity contribution in [2.75, 3.05) is 25.1 Å². The van der Waals surface area contributed by atoms with Gasteiger partial charge in [0.05, 0.1) is 7.11 Å². The molecule has 1 aliphatic heterocycles. The summed E-state index contributed by atoms with van der Waals surface area (Å²) in [5.41, 5.74) is 2.96. The molecular weight excluding hydrogens is 260 g/mol. The summed E-state index contributed by atoms with van der Waals surface area (Å²) < 4.78 is 5.35. The maximum atomic E-state index is 5.35. The highest BCUT2D eigenvalue weighted by Crippen LogP contribution is 2.42. The molecule has 0 spiro atoms. The number of anilines is 1. The Bertz CT molecular complexity index is 512. The molecule has 1 saturated heterocycles.